The van der Waals surface area contributed by atoms with Crippen molar-refractivity contribution in [2.24, 2.45) is 0 Å². The fourth-order valence-electron chi connectivity index (χ4n) is 3.32. The average Bonchev–Trinajstić information content (AvgIpc) is 2.56. The van der Waals surface area contributed by atoms with Gasteiger partial charge in [-0.25, -0.2) is 4.98 Å². The lowest BCUT2D eigenvalue weighted by atomic mass is 9.96. The van der Waals surface area contributed by atoms with E-state index in [0.717, 1.165) is 38.7 Å². The molecule has 2 fully saturated rings. The van der Waals surface area contributed by atoms with Crippen molar-refractivity contribution in [3.63, 3.8) is 0 Å². The van der Waals surface area contributed by atoms with Crippen molar-refractivity contribution < 1.29 is 4.74 Å². The molecule has 4 heteroatoms. The monoisotopic (exact) mass is 275 g/mol. The van der Waals surface area contributed by atoms with E-state index in [9.17, 15) is 0 Å². The number of piperidine rings is 1. The van der Waals surface area contributed by atoms with Gasteiger partial charge in [-0.05, 0) is 37.6 Å². The highest BCUT2D eigenvalue weighted by Crippen LogP contribution is 2.30. The first-order chi connectivity index (χ1) is 9.88. The number of anilines is 1. The molecule has 3 rings (SSSR count). The lowest BCUT2D eigenvalue weighted by Gasteiger charge is -2.35. The summed E-state index contributed by atoms with van der Waals surface area (Å²) in [5.74, 6) is 1.09. The Morgan fingerprint density at radius 1 is 1.20 bits per heavy atom. The zero-order chi connectivity index (χ0) is 13.8. The molecule has 20 heavy (non-hydrogen) atoms. The molecule has 0 spiro atoms. The Morgan fingerprint density at radius 3 is 2.75 bits per heavy atom. The minimum Gasteiger partial charge on any atom is -0.378 e. The molecule has 2 aliphatic rings. The van der Waals surface area contributed by atoms with Gasteiger partial charge in [0.25, 0.3) is 0 Å². The SMILES string of the molecule is CCN1CCCC[C@H]1c1ccc(N2CCOCC2)nc1. The van der Waals surface area contributed by atoms with Crippen LogP contribution in [-0.4, -0.2) is 49.3 Å². The van der Waals surface area contributed by atoms with Gasteiger partial charge in [-0.1, -0.05) is 19.4 Å². The Kier molecular flexibility index (Phi) is 4.53. The quantitative estimate of drug-likeness (QED) is 0.847. The van der Waals surface area contributed by atoms with E-state index in [4.69, 9.17) is 9.72 Å². The minimum atomic E-state index is 0.569. The molecule has 0 aliphatic carbocycles. The molecular weight excluding hydrogens is 250 g/mol. The molecule has 2 aliphatic heterocycles. The van der Waals surface area contributed by atoms with Crippen LogP contribution >= 0.6 is 0 Å². The fraction of sp³-hybridized carbons (Fsp3) is 0.688. The summed E-state index contributed by atoms with van der Waals surface area (Å²) in [7, 11) is 0. The summed E-state index contributed by atoms with van der Waals surface area (Å²) in [5.41, 5.74) is 1.38. The number of hydrogen-bond acceptors (Lipinski definition) is 4. The van der Waals surface area contributed by atoms with Crippen LogP contribution < -0.4 is 4.90 Å². The largest absolute Gasteiger partial charge is 0.378 e. The summed E-state index contributed by atoms with van der Waals surface area (Å²) in [5, 5.41) is 0. The van der Waals surface area contributed by atoms with Crippen LogP contribution in [-0.2, 0) is 4.74 Å². The number of nitrogens with zero attached hydrogens (tertiary/aromatic N) is 3. The van der Waals surface area contributed by atoms with Gasteiger partial charge in [0.2, 0.25) is 0 Å². The molecule has 0 unspecified atom stereocenters. The number of morpholine rings is 1. The molecule has 110 valence electrons. The van der Waals surface area contributed by atoms with E-state index in [0.29, 0.717) is 6.04 Å². The van der Waals surface area contributed by atoms with E-state index >= 15 is 0 Å². The second kappa shape index (κ2) is 6.55. The minimum absolute atomic E-state index is 0.569. The Morgan fingerprint density at radius 2 is 2.05 bits per heavy atom. The maximum absolute atomic E-state index is 5.39. The van der Waals surface area contributed by atoms with Gasteiger partial charge in [0.15, 0.2) is 0 Å². The summed E-state index contributed by atoms with van der Waals surface area (Å²) in [6, 6.07) is 5.03. The third-order valence-corrected chi connectivity index (χ3v) is 4.51. The average molecular weight is 275 g/mol. The van der Waals surface area contributed by atoms with Crippen LogP contribution in [0.25, 0.3) is 0 Å². The van der Waals surface area contributed by atoms with E-state index < -0.39 is 0 Å². The lowest BCUT2D eigenvalue weighted by molar-refractivity contribution is 0.122. The van der Waals surface area contributed by atoms with Crippen molar-refractivity contribution in [2.75, 3.05) is 44.3 Å². The number of pyridine rings is 1. The zero-order valence-corrected chi connectivity index (χ0v) is 12.4. The number of ether oxygens (including phenoxy) is 1. The van der Waals surface area contributed by atoms with Crippen molar-refractivity contribution in [1.29, 1.82) is 0 Å². The highest BCUT2D eigenvalue weighted by Gasteiger charge is 2.23. The molecule has 1 aromatic heterocycles. The summed E-state index contributed by atoms with van der Waals surface area (Å²) < 4.78 is 5.39. The number of aromatic nitrogens is 1. The second-order valence-electron chi connectivity index (χ2n) is 5.69. The van der Waals surface area contributed by atoms with Crippen LogP contribution in [0.2, 0.25) is 0 Å². The van der Waals surface area contributed by atoms with Crippen molar-refractivity contribution in [2.45, 2.75) is 32.2 Å². The summed E-state index contributed by atoms with van der Waals surface area (Å²) in [4.78, 5) is 9.58. The smallest absolute Gasteiger partial charge is 0.128 e. The van der Waals surface area contributed by atoms with Crippen LogP contribution in [0.3, 0.4) is 0 Å². The van der Waals surface area contributed by atoms with E-state index in [1.165, 1.54) is 31.4 Å². The Hall–Kier alpha value is -1.13. The predicted octanol–water partition coefficient (Wildman–Crippen LogP) is 2.47. The standard InChI is InChI=1S/C16H25N3O/c1-2-18-8-4-3-5-15(18)14-6-7-16(17-13-14)19-9-11-20-12-10-19/h6-7,13,15H,2-5,8-12H2,1H3/t15-/m0/s1. The first kappa shape index (κ1) is 13.8. The van der Waals surface area contributed by atoms with Crippen LogP contribution in [0.1, 0.15) is 37.8 Å². The zero-order valence-electron chi connectivity index (χ0n) is 12.4. The normalized spacial score (nSPS) is 24.9. The lowest BCUT2D eigenvalue weighted by Crippen LogP contribution is -2.37. The number of rotatable bonds is 3. The summed E-state index contributed by atoms with van der Waals surface area (Å²) in [6.07, 6.45) is 6.03. The molecule has 4 nitrogen and oxygen atoms in total. The first-order valence-corrected chi connectivity index (χ1v) is 7.91. The van der Waals surface area contributed by atoms with E-state index in [2.05, 4.69) is 35.1 Å². The Bertz CT molecular complexity index is 414. The first-order valence-electron chi connectivity index (χ1n) is 7.91. The summed E-state index contributed by atoms with van der Waals surface area (Å²) >= 11 is 0. The van der Waals surface area contributed by atoms with Gasteiger partial charge < -0.3 is 9.64 Å². The van der Waals surface area contributed by atoms with Crippen LogP contribution in [0.4, 0.5) is 5.82 Å². The molecule has 0 amide bonds. The van der Waals surface area contributed by atoms with Gasteiger partial charge in [0.1, 0.15) is 5.82 Å². The third-order valence-electron chi connectivity index (χ3n) is 4.51. The molecule has 1 atom stereocenters. The van der Waals surface area contributed by atoms with Crippen molar-refractivity contribution in [1.82, 2.24) is 9.88 Å². The van der Waals surface area contributed by atoms with Gasteiger partial charge in [0.05, 0.1) is 13.2 Å². The van der Waals surface area contributed by atoms with Gasteiger partial charge in [0, 0.05) is 25.3 Å². The number of likely N-dealkylation sites (tertiary alicyclic amines) is 1. The van der Waals surface area contributed by atoms with Gasteiger partial charge in [-0.3, -0.25) is 4.90 Å². The molecule has 0 radical (unpaired) electrons. The van der Waals surface area contributed by atoms with Crippen LogP contribution in [0, 0.1) is 0 Å². The van der Waals surface area contributed by atoms with Crippen molar-refractivity contribution in [3.05, 3.63) is 23.9 Å². The highest BCUT2D eigenvalue weighted by molar-refractivity contribution is 5.40. The second-order valence-corrected chi connectivity index (χ2v) is 5.69. The molecule has 0 bridgehead atoms. The molecule has 3 heterocycles. The molecule has 2 saturated heterocycles. The molecule has 0 saturated carbocycles. The van der Waals surface area contributed by atoms with Gasteiger partial charge in [-0.2, -0.15) is 0 Å². The van der Waals surface area contributed by atoms with E-state index in [1.807, 2.05) is 0 Å². The maximum Gasteiger partial charge on any atom is 0.128 e. The van der Waals surface area contributed by atoms with Crippen LogP contribution in [0.15, 0.2) is 18.3 Å². The van der Waals surface area contributed by atoms with Crippen molar-refractivity contribution in [3.8, 4) is 0 Å². The summed E-state index contributed by atoms with van der Waals surface area (Å²) in [6.45, 7) is 8.16. The van der Waals surface area contributed by atoms with E-state index in [-0.39, 0.29) is 0 Å². The Balaban J connectivity index is 1.71. The predicted molar refractivity (Wildman–Crippen MR) is 81.1 cm³/mol. The topological polar surface area (TPSA) is 28.6 Å². The van der Waals surface area contributed by atoms with Crippen LogP contribution in [0.5, 0.6) is 0 Å². The molecule has 0 N–H and O–H groups in total. The van der Waals surface area contributed by atoms with Crippen molar-refractivity contribution >= 4 is 5.82 Å². The highest BCUT2D eigenvalue weighted by atomic mass is 16.5. The Labute approximate surface area is 121 Å². The van der Waals surface area contributed by atoms with Gasteiger partial charge >= 0.3 is 0 Å². The maximum atomic E-state index is 5.39. The molecule has 0 aromatic carbocycles. The third kappa shape index (κ3) is 2.96. The number of hydrogen-bond donors (Lipinski definition) is 0. The molecule has 1 aromatic rings. The fourth-order valence-corrected chi connectivity index (χ4v) is 3.32. The molecular formula is C16H25N3O. The van der Waals surface area contributed by atoms with E-state index in [1.54, 1.807) is 0 Å². The van der Waals surface area contributed by atoms with Gasteiger partial charge in [-0.15, -0.1) is 0 Å².